The number of sulfonamides is 1. The van der Waals surface area contributed by atoms with Crippen molar-refractivity contribution in [2.75, 3.05) is 12.3 Å². The molecule has 3 N–H and O–H groups in total. The highest BCUT2D eigenvalue weighted by molar-refractivity contribution is 7.89. The fraction of sp³-hybridized carbons (Fsp3) is 0.667. The van der Waals surface area contributed by atoms with Crippen LogP contribution in [0.25, 0.3) is 0 Å². The van der Waals surface area contributed by atoms with Gasteiger partial charge >= 0.3 is 0 Å². The van der Waals surface area contributed by atoms with Gasteiger partial charge in [-0.15, -0.1) is 0 Å². The molecule has 6 nitrogen and oxygen atoms in total. The largest absolute Gasteiger partial charge is 0.444 e. The second-order valence-electron chi connectivity index (χ2n) is 3.61. The summed E-state index contributed by atoms with van der Waals surface area (Å²) in [5.41, 5.74) is 5.26. The Kier molecular flexibility index (Phi) is 4.45. The molecule has 0 spiro atoms. The van der Waals surface area contributed by atoms with Crippen molar-refractivity contribution in [2.24, 2.45) is 5.73 Å². The minimum absolute atomic E-state index is 0.0214. The van der Waals surface area contributed by atoms with E-state index in [4.69, 9.17) is 10.2 Å². The van der Waals surface area contributed by atoms with E-state index in [1.165, 1.54) is 0 Å². The zero-order chi connectivity index (χ0) is 12.2. The van der Waals surface area contributed by atoms with E-state index in [2.05, 4.69) is 9.71 Å². The van der Waals surface area contributed by atoms with E-state index in [1.807, 2.05) is 0 Å². The van der Waals surface area contributed by atoms with Gasteiger partial charge in [0.15, 0.2) is 0 Å². The number of nitrogens with one attached hydrogen (secondary N) is 1. The summed E-state index contributed by atoms with van der Waals surface area (Å²) in [5.74, 6) is 1.05. The van der Waals surface area contributed by atoms with Crippen LogP contribution in [0, 0.1) is 6.92 Å². The number of oxazole rings is 1. The molecule has 1 rings (SSSR count). The van der Waals surface area contributed by atoms with Gasteiger partial charge < -0.3 is 10.2 Å². The molecule has 7 heteroatoms. The van der Waals surface area contributed by atoms with E-state index in [0.29, 0.717) is 24.6 Å². The molecule has 1 aromatic rings. The van der Waals surface area contributed by atoms with Gasteiger partial charge in [0.25, 0.3) is 0 Å². The van der Waals surface area contributed by atoms with Gasteiger partial charge in [0.1, 0.15) is 5.76 Å². The molecule has 1 aromatic heterocycles. The molecule has 0 aromatic carbocycles. The molecule has 0 saturated carbocycles. The fourth-order valence-electron chi connectivity index (χ4n) is 1.22. The lowest BCUT2D eigenvalue weighted by Gasteiger charge is -2.10. The molecule has 1 heterocycles. The molecule has 16 heavy (non-hydrogen) atoms. The lowest BCUT2D eigenvalue weighted by atomic mass is 10.4. The minimum atomic E-state index is -3.31. The average Bonchev–Trinajstić information content (AvgIpc) is 2.61. The van der Waals surface area contributed by atoms with Gasteiger partial charge in [0.05, 0.1) is 18.0 Å². The first-order valence-electron chi connectivity index (χ1n) is 5.07. The smallest absolute Gasteiger partial charge is 0.212 e. The minimum Gasteiger partial charge on any atom is -0.444 e. The van der Waals surface area contributed by atoms with Crippen molar-refractivity contribution < 1.29 is 12.8 Å². The third-order valence-electron chi connectivity index (χ3n) is 1.98. The van der Waals surface area contributed by atoms with Crippen LogP contribution in [0.5, 0.6) is 0 Å². The molecule has 0 aliphatic rings. The first-order valence-corrected chi connectivity index (χ1v) is 6.72. The van der Waals surface area contributed by atoms with Crippen LogP contribution in [0.3, 0.4) is 0 Å². The number of rotatable bonds is 6. The molecular formula is C9H17N3O3S. The van der Waals surface area contributed by atoms with Crippen LogP contribution in [0.2, 0.25) is 0 Å². The van der Waals surface area contributed by atoms with Crippen LogP contribution in [-0.2, 0) is 10.0 Å². The third kappa shape index (κ3) is 3.92. The first-order chi connectivity index (χ1) is 7.44. The molecule has 0 radical (unpaired) electrons. The predicted molar refractivity (Wildman–Crippen MR) is 60.2 cm³/mol. The number of aryl methyl sites for hydroxylation is 1. The first kappa shape index (κ1) is 13.1. The Hall–Kier alpha value is -0.920. The number of nitrogens with two attached hydrogens (primary N) is 1. The maximum Gasteiger partial charge on any atom is 0.212 e. The van der Waals surface area contributed by atoms with Crippen molar-refractivity contribution in [1.82, 2.24) is 9.71 Å². The second kappa shape index (κ2) is 5.42. The summed E-state index contributed by atoms with van der Waals surface area (Å²) in [5, 5.41) is 0. The van der Waals surface area contributed by atoms with Crippen LogP contribution in [0.15, 0.2) is 10.6 Å². The lowest BCUT2D eigenvalue weighted by Crippen LogP contribution is -2.30. The van der Waals surface area contributed by atoms with Crippen LogP contribution in [0.1, 0.15) is 31.0 Å². The van der Waals surface area contributed by atoms with Crippen molar-refractivity contribution in [3.05, 3.63) is 17.8 Å². The predicted octanol–water partition coefficient (Wildman–Crippen LogP) is 0.312. The average molecular weight is 247 g/mol. The molecule has 0 aliphatic heterocycles. The number of nitrogens with zero attached hydrogens (tertiary/aromatic N) is 1. The van der Waals surface area contributed by atoms with Gasteiger partial charge in [-0.05, 0) is 26.8 Å². The lowest BCUT2D eigenvalue weighted by molar-refractivity contribution is 0.427. The van der Waals surface area contributed by atoms with E-state index >= 15 is 0 Å². The summed E-state index contributed by atoms with van der Waals surface area (Å²) >= 11 is 0. The SMILES string of the molecule is Cc1cnc(C(C)NS(=O)(=O)CCCN)o1. The Morgan fingerprint density at radius 1 is 1.62 bits per heavy atom. The molecule has 92 valence electrons. The van der Waals surface area contributed by atoms with E-state index in [1.54, 1.807) is 20.0 Å². The van der Waals surface area contributed by atoms with Crippen LogP contribution in [0.4, 0.5) is 0 Å². The summed E-state index contributed by atoms with van der Waals surface area (Å²) in [6.45, 7) is 3.80. The Morgan fingerprint density at radius 2 is 2.31 bits per heavy atom. The number of hydrogen-bond acceptors (Lipinski definition) is 5. The molecule has 0 bridgehead atoms. The molecule has 0 amide bonds. The van der Waals surface area contributed by atoms with Crippen LogP contribution >= 0.6 is 0 Å². The molecule has 0 aliphatic carbocycles. The van der Waals surface area contributed by atoms with Crippen molar-refractivity contribution >= 4 is 10.0 Å². The van der Waals surface area contributed by atoms with Gasteiger partial charge in [-0.2, -0.15) is 0 Å². The highest BCUT2D eigenvalue weighted by atomic mass is 32.2. The Morgan fingerprint density at radius 3 is 2.81 bits per heavy atom. The molecule has 1 unspecified atom stereocenters. The summed E-state index contributed by atoms with van der Waals surface area (Å²) < 4.78 is 30.8. The van der Waals surface area contributed by atoms with E-state index in [0.717, 1.165) is 0 Å². The summed E-state index contributed by atoms with van der Waals surface area (Å²) in [6, 6.07) is -0.462. The molecule has 0 fully saturated rings. The fourth-order valence-corrected chi connectivity index (χ4v) is 2.53. The summed E-state index contributed by atoms with van der Waals surface area (Å²) in [7, 11) is -3.31. The van der Waals surface area contributed by atoms with E-state index < -0.39 is 16.1 Å². The molecule has 0 saturated heterocycles. The van der Waals surface area contributed by atoms with E-state index in [-0.39, 0.29) is 5.75 Å². The summed E-state index contributed by atoms with van der Waals surface area (Å²) in [4.78, 5) is 3.96. The quantitative estimate of drug-likeness (QED) is 0.754. The number of hydrogen-bond donors (Lipinski definition) is 2. The summed E-state index contributed by atoms with van der Waals surface area (Å²) in [6.07, 6.45) is 1.99. The second-order valence-corrected chi connectivity index (χ2v) is 5.48. The monoisotopic (exact) mass is 247 g/mol. The van der Waals surface area contributed by atoms with Gasteiger partial charge in [-0.25, -0.2) is 18.1 Å². The maximum atomic E-state index is 11.5. The van der Waals surface area contributed by atoms with Gasteiger partial charge in [0, 0.05) is 0 Å². The van der Waals surface area contributed by atoms with E-state index in [9.17, 15) is 8.42 Å². The third-order valence-corrected chi connectivity index (χ3v) is 3.52. The Labute approximate surface area is 95.3 Å². The van der Waals surface area contributed by atoms with Crippen molar-refractivity contribution in [1.29, 1.82) is 0 Å². The van der Waals surface area contributed by atoms with Gasteiger partial charge in [0.2, 0.25) is 15.9 Å². The van der Waals surface area contributed by atoms with Crippen molar-refractivity contribution in [2.45, 2.75) is 26.3 Å². The van der Waals surface area contributed by atoms with Crippen LogP contribution in [-0.4, -0.2) is 25.7 Å². The highest BCUT2D eigenvalue weighted by Crippen LogP contribution is 2.13. The normalized spacial score (nSPS) is 13.9. The highest BCUT2D eigenvalue weighted by Gasteiger charge is 2.18. The maximum absolute atomic E-state index is 11.5. The zero-order valence-corrected chi connectivity index (χ0v) is 10.3. The Bertz CT molecular complexity index is 427. The number of aromatic nitrogens is 1. The topological polar surface area (TPSA) is 98.2 Å². The molecular weight excluding hydrogens is 230 g/mol. The Balaban J connectivity index is 2.60. The van der Waals surface area contributed by atoms with Crippen molar-refractivity contribution in [3.63, 3.8) is 0 Å². The molecule has 1 atom stereocenters. The van der Waals surface area contributed by atoms with Crippen molar-refractivity contribution in [3.8, 4) is 0 Å². The van der Waals surface area contributed by atoms with Gasteiger partial charge in [-0.3, -0.25) is 0 Å². The van der Waals surface area contributed by atoms with Crippen LogP contribution < -0.4 is 10.5 Å². The standard InChI is InChI=1S/C9H17N3O3S/c1-7-6-11-9(15-7)8(2)12-16(13,14)5-3-4-10/h6,8,12H,3-5,10H2,1-2H3. The zero-order valence-electron chi connectivity index (χ0n) is 9.43. The van der Waals surface area contributed by atoms with Gasteiger partial charge in [-0.1, -0.05) is 0 Å².